The summed E-state index contributed by atoms with van der Waals surface area (Å²) >= 11 is 0. The van der Waals surface area contributed by atoms with Gasteiger partial charge in [-0.3, -0.25) is 0 Å². The van der Waals surface area contributed by atoms with Crippen molar-refractivity contribution in [3.05, 3.63) is 182 Å². The first-order chi connectivity index (χ1) is 23.3. The van der Waals surface area contributed by atoms with E-state index in [-0.39, 0.29) is 0 Å². The SMILES string of the molecule is c1ccc(N(c2ccccc2)c2ccc3c(c2)oc2ccc4c(N(c5ccccc5)c5ccccc5)cc5ccccc5c4c23)cc1. The minimum atomic E-state index is 0.860. The Balaban J connectivity index is 1.32. The Morgan fingerprint density at radius 3 is 1.43 bits per heavy atom. The van der Waals surface area contributed by atoms with Crippen molar-refractivity contribution in [1.29, 1.82) is 0 Å². The monoisotopic (exact) mass is 602 g/mol. The lowest BCUT2D eigenvalue weighted by molar-refractivity contribution is 0.669. The van der Waals surface area contributed by atoms with Crippen LogP contribution in [0.5, 0.6) is 0 Å². The lowest BCUT2D eigenvalue weighted by Crippen LogP contribution is -2.10. The van der Waals surface area contributed by atoms with E-state index in [2.05, 4.69) is 192 Å². The fourth-order valence-corrected chi connectivity index (χ4v) is 6.93. The number of furan rings is 1. The van der Waals surface area contributed by atoms with E-state index in [0.29, 0.717) is 0 Å². The van der Waals surface area contributed by atoms with Gasteiger partial charge in [0.15, 0.2) is 0 Å². The maximum Gasteiger partial charge on any atom is 0.137 e. The van der Waals surface area contributed by atoms with Crippen LogP contribution in [0.3, 0.4) is 0 Å². The number of nitrogens with zero attached hydrogens (tertiary/aromatic N) is 2. The van der Waals surface area contributed by atoms with Crippen molar-refractivity contribution in [3.8, 4) is 0 Å². The number of fused-ring (bicyclic) bond motifs is 7. The van der Waals surface area contributed by atoms with Crippen LogP contribution in [-0.2, 0) is 0 Å². The molecule has 0 aliphatic carbocycles. The molecule has 0 saturated carbocycles. The van der Waals surface area contributed by atoms with Gasteiger partial charge in [0.25, 0.3) is 0 Å². The highest BCUT2D eigenvalue weighted by molar-refractivity contribution is 6.29. The van der Waals surface area contributed by atoms with Gasteiger partial charge in [0.05, 0.1) is 5.69 Å². The Morgan fingerprint density at radius 2 is 0.830 bits per heavy atom. The first kappa shape index (κ1) is 27.0. The fraction of sp³-hybridized carbons (Fsp3) is 0. The normalized spacial score (nSPS) is 11.4. The maximum absolute atomic E-state index is 6.70. The largest absolute Gasteiger partial charge is 0.456 e. The average molecular weight is 603 g/mol. The van der Waals surface area contributed by atoms with Gasteiger partial charge in [0, 0.05) is 56.0 Å². The van der Waals surface area contributed by atoms with Crippen LogP contribution in [0.15, 0.2) is 186 Å². The van der Waals surface area contributed by atoms with E-state index >= 15 is 0 Å². The van der Waals surface area contributed by atoms with Gasteiger partial charge in [-0.2, -0.15) is 0 Å². The Hall–Kier alpha value is -6.32. The molecule has 9 aromatic rings. The van der Waals surface area contributed by atoms with Gasteiger partial charge in [-0.1, -0.05) is 97.1 Å². The van der Waals surface area contributed by atoms with Crippen molar-refractivity contribution < 1.29 is 4.42 Å². The Labute approximate surface area is 273 Å². The Kier molecular flexibility index (Phi) is 6.46. The summed E-state index contributed by atoms with van der Waals surface area (Å²) in [7, 11) is 0. The van der Waals surface area contributed by atoms with Crippen molar-refractivity contribution >= 4 is 77.6 Å². The van der Waals surface area contributed by atoms with Crippen LogP contribution in [0.2, 0.25) is 0 Å². The minimum absolute atomic E-state index is 0.860. The first-order valence-corrected chi connectivity index (χ1v) is 15.9. The molecule has 0 unspecified atom stereocenters. The van der Waals surface area contributed by atoms with E-state index < -0.39 is 0 Å². The zero-order chi connectivity index (χ0) is 31.2. The minimum Gasteiger partial charge on any atom is -0.456 e. The van der Waals surface area contributed by atoms with Crippen LogP contribution in [0.1, 0.15) is 0 Å². The Morgan fingerprint density at radius 1 is 0.319 bits per heavy atom. The van der Waals surface area contributed by atoms with Crippen LogP contribution < -0.4 is 9.80 Å². The predicted molar refractivity (Wildman–Crippen MR) is 198 cm³/mol. The van der Waals surface area contributed by atoms with Crippen LogP contribution in [0.25, 0.3) is 43.5 Å². The summed E-state index contributed by atoms with van der Waals surface area (Å²) < 4.78 is 6.70. The summed E-state index contributed by atoms with van der Waals surface area (Å²) in [4.78, 5) is 4.63. The molecule has 0 atom stereocenters. The average Bonchev–Trinajstić information content (AvgIpc) is 3.52. The zero-order valence-corrected chi connectivity index (χ0v) is 25.6. The van der Waals surface area contributed by atoms with Crippen molar-refractivity contribution in [2.45, 2.75) is 0 Å². The van der Waals surface area contributed by atoms with E-state index in [1.54, 1.807) is 0 Å². The standard InChI is InChI=1S/C44H30N2O/c1-5-16-32(17-6-1)45(33-18-7-2-8-19-33)36-25-26-39-42(30-36)47-41-28-27-38-40(29-31-15-13-14-24-37(31)43(38)44(39)41)46(34-20-9-3-10-21-34)35-22-11-4-12-23-35/h1-30H. The number of para-hydroxylation sites is 4. The van der Waals surface area contributed by atoms with Crippen molar-refractivity contribution in [3.63, 3.8) is 0 Å². The summed E-state index contributed by atoms with van der Waals surface area (Å²) in [5.41, 5.74) is 8.32. The molecule has 222 valence electrons. The molecule has 0 spiro atoms. The molecule has 0 saturated heterocycles. The number of hydrogen-bond donors (Lipinski definition) is 0. The number of hydrogen-bond acceptors (Lipinski definition) is 3. The van der Waals surface area contributed by atoms with Crippen molar-refractivity contribution in [1.82, 2.24) is 0 Å². The smallest absolute Gasteiger partial charge is 0.137 e. The quantitative estimate of drug-likeness (QED) is 0.177. The van der Waals surface area contributed by atoms with Crippen molar-refractivity contribution in [2.24, 2.45) is 0 Å². The molecule has 3 heteroatoms. The summed E-state index contributed by atoms with van der Waals surface area (Å²) in [6.45, 7) is 0. The number of rotatable bonds is 6. The highest BCUT2D eigenvalue weighted by Gasteiger charge is 2.21. The van der Waals surface area contributed by atoms with Crippen LogP contribution in [0.4, 0.5) is 34.1 Å². The number of benzene rings is 8. The van der Waals surface area contributed by atoms with Crippen LogP contribution in [-0.4, -0.2) is 0 Å². The highest BCUT2D eigenvalue weighted by Crippen LogP contribution is 2.46. The third-order valence-corrected chi connectivity index (χ3v) is 8.98. The van der Waals surface area contributed by atoms with E-state index in [1.807, 2.05) is 0 Å². The van der Waals surface area contributed by atoms with Gasteiger partial charge in [0.1, 0.15) is 11.2 Å². The molecule has 47 heavy (non-hydrogen) atoms. The van der Waals surface area contributed by atoms with Crippen LogP contribution >= 0.6 is 0 Å². The van der Waals surface area contributed by atoms with Gasteiger partial charge in [0.2, 0.25) is 0 Å². The summed E-state index contributed by atoms with van der Waals surface area (Å²) in [6, 6.07) is 64.2. The second-order valence-corrected chi connectivity index (χ2v) is 11.8. The van der Waals surface area contributed by atoms with Gasteiger partial charge >= 0.3 is 0 Å². The molecule has 0 fully saturated rings. The van der Waals surface area contributed by atoms with Gasteiger partial charge in [-0.05, 0) is 89.6 Å². The molecule has 1 heterocycles. The lowest BCUT2D eigenvalue weighted by atomic mass is 9.95. The second kappa shape index (κ2) is 11.2. The van der Waals surface area contributed by atoms with E-state index in [4.69, 9.17) is 4.42 Å². The molecular formula is C44H30N2O. The predicted octanol–water partition coefficient (Wildman–Crippen LogP) is 12.8. The van der Waals surface area contributed by atoms with E-state index in [0.717, 1.165) is 56.1 Å². The molecular weight excluding hydrogens is 572 g/mol. The van der Waals surface area contributed by atoms with Gasteiger partial charge in [-0.15, -0.1) is 0 Å². The van der Waals surface area contributed by atoms with Crippen molar-refractivity contribution in [2.75, 3.05) is 9.80 Å². The van der Waals surface area contributed by atoms with E-state index in [9.17, 15) is 0 Å². The molecule has 0 aliphatic heterocycles. The van der Waals surface area contributed by atoms with Gasteiger partial charge in [-0.25, -0.2) is 0 Å². The van der Waals surface area contributed by atoms with E-state index in [1.165, 1.54) is 21.5 Å². The third-order valence-electron chi connectivity index (χ3n) is 8.98. The first-order valence-electron chi connectivity index (χ1n) is 15.9. The highest BCUT2D eigenvalue weighted by atomic mass is 16.3. The fourth-order valence-electron chi connectivity index (χ4n) is 6.93. The molecule has 0 bridgehead atoms. The molecule has 0 radical (unpaired) electrons. The topological polar surface area (TPSA) is 19.6 Å². The van der Waals surface area contributed by atoms with Gasteiger partial charge < -0.3 is 14.2 Å². The molecule has 0 N–H and O–H groups in total. The summed E-state index contributed by atoms with van der Waals surface area (Å²) in [5.74, 6) is 0. The summed E-state index contributed by atoms with van der Waals surface area (Å²) in [5, 5.41) is 7.00. The van der Waals surface area contributed by atoms with Crippen LogP contribution in [0, 0.1) is 0 Å². The lowest BCUT2D eigenvalue weighted by Gasteiger charge is -2.27. The third kappa shape index (κ3) is 4.60. The molecule has 9 rings (SSSR count). The summed E-state index contributed by atoms with van der Waals surface area (Å²) in [6.07, 6.45) is 0. The zero-order valence-electron chi connectivity index (χ0n) is 25.6. The Bertz CT molecular complexity index is 2430. The molecule has 1 aromatic heterocycles. The molecule has 3 nitrogen and oxygen atoms in total. The molecule has 0 amide bonds. The maximum atomic E-state index is 6.70. The molecule has 0 aliphatic rings. The number of anilines is 6. The molecule has 8 aromatic carbocycles. The second-order valence-electron chi connectivity index (χ2n) is 11.8.